The standard InChI is InChI=1S/C24H23F2N3O2/c1-24(2,31-4)14-13-18-11-8-12-20(17-9-6-5-7-10-17)21(18)29(23(25)26)22(30)19-15-27-28(3)16-19/h5-12,15-16,23H,1-4H3. The zero-order valence-electron chi connectivity index (χ0n) is 17.8. The Balaban J connectivity index is 2.26. The Kier molecular flexibility index (Phi) is 6.52. The van der Waals surface area contributed by atoms with Gasteiger partial charge >= 0.3 is 6.55 Å². The van der Waals surface area contributed by atoms with Gasteiger partial charge < -0.3 is 4.74 Å². The lowest BCUT2D eigenvalue weighted by Gasteiger charge is -2.25. The molecule has 0 aliphatic rings. The molecule has 3 aromatic rings. The molecule has 0 radical (unpaired) electrons. The number of anilines is 1. The summed E-state index contributed by atoms with van der Waals surface area (Å²) in [5.74, 6) is 5.03. The van der Waals surface area contributed by atoms with Gasteiger partial charge in [-0.15, -0.1) is 0 Å². The van der Waals surface area contributed by atoms with Gasteiger partial charge in [-0.25, -0.2) is 4.90 Å². The molecule has 0 spiro atoms. The van der Waals surface area contributed by atoms with E-state index in [0.717, 1.165) is 0 Å². The van der Waals surface area contributed by atoms with E-state index in [0.29, 0.717) is 21.6 Å². The number of halogens is 2. The van der Waals surface area contributed by atoms with E-state index in [1.807, 2.05) is 6.07 Å². The number of aromatic nitrogens is 2. The summed E-state index contributed by atoms with van der Waals surface area (Å²) in [5, 5.41) is 3.94. The lowest BCUT2D eigenvalue weighted by molar-refractivity contribution is 0.0741. The van der Waals surface area contributed by atoms with Crippen LogP contribution < -0.4 is 4.90 Å². The van der Waals surface area contributed by atoms with Crippen LogP contribution in [0.3, 0.4) is 0 Å². The number of amides is 1. The van der Waals surface area contributed by atoms with Gasteiger partial charge in [0.1, 0.15) is 5.60 Å². The van der Waals surface area contributed by atoms with Gasteiger partial charge in [-0.05, 0) is 25.5 Å². The molecule has 0 aliphatic carbocycles. The zero-order valence-corrected chi connectivity index (χ0v) is 17.8. The number of methoxy groups -OCH3 is 1. The van der Waals surface area contributed by atoms with Crippen LogP contribution in [0.5, 0.6) is 0 Å². The second kappa shape index (κ2) is 9.11. The Hall–Kier alpha value is -3.50. The second-order valence-electron chi connectivity index (χ2n) is 7.39. The molecule has 0 fully saturated rings. The van der Waals surface area contributed by atoms with Crippen molar-refractivity contribution in [2.45, 2.75) is 26.0 Å². The van der Waals surface area contributed by atoms with Gasteiger partial charge in [0.25, 0.3) is 5.91 Å². The molecule has 0 N–H and O–H groups in total. The Morgan fingerprint density at radius 2 is 1.87 bits per heavy atom. The van der Waals surface area contributed by atoms with Crippen molar-refractivity contribution >= 4 is 11.6 Å². The zero-order chi connectivity index (χ0) is 22.6. The van der Waals surface area contributed by atoms with Crippen molar-refractivity contribution in [3.8, 4) is 23.0 Å². The summed E-state index contributed by atoms with van der Waals surface area (Å²) in [6.45, 7) is 0.451. The maximum absolute atomic E-state index is 14.3. The highest BCUT2D eigenvalue weighted by atomic mass is 19.3. The number of para-hydroxylation sites is 1. The van der Waals surface area contributed by atoms with Crippen LogP contribution in [-0.4, -0.2) is 34.9 Å². The lowest BCUT2D eigenvalue weighted by atomic mass is 9.98. The monoisotopic (exact) mass is 423 g/mol. The van der Waals surface area contributed by atoms with Crippen molar-refractivity contribution in [2.75, 3.05) is 12.0 Å². The molecule has 1 amide bonds. The topological polar surface area (TPSA) is 47.4 Å². The van der Waals surface area contributed by atoms with Crippen LogP contribution in [-0.2, 0) is 11.8 Å². The third kappa shape index (κ3) is 4.98. The molecule has 0 unspecified atom stereocenters. The predicted molar refractivity (Wildman–Crippen MR) is 116 cm³/mol. The van der Waals surface area contributed by atoms with Gasteiger partial charge in [-0.1, -0.05) is 54.3 Å². The minimum Gasteiger partial charge on any atom is -0.366 e. The largest absolute Gasteiger partial charge is 0.366 e. The minimum absolute atomic E-state index is 0.0388. The normalized spacial score (nSPS) is 11.2. The summed E-state index contributed by atoms with van der Waals surface area (Å²) in [6.07, 6.45) is 2.67. The van der Waals surface area contributed by atoms with Crippen LogP contribution in [0, 0.1) is 11.8 Å². The van der Waals surface area contributed by atoms with Crippen LogP contribution in [0.4, 0.5) is 14.5 Å². The van der Waals surface area contributed by atoms with Crippen LogP contribution in [0.25, 0.3) is 11.1 Å². The number of ether oxygens (including phenoxy) is 1. The maximum Gasteiger partial charge on any atom is 0.321 e. The average molecular weight is 423 g/mol. The fraction of sp³-hybridized carbons (Fsp3) is 0.250. The van der Waals surface area contributed by atoms with E-state index in [1.165, 1.54) is 24.2 Å². The van der Waals surface area contributed by atoms with Gasteiger partial charge in [0.2, 0.25) is 0 Å². The minimum atomic E-state index is -3.09. The highest BCUT2D eigenvalue weighted by Gasteiger charge is 2.31. The number of aryl methyl sites for hydroxylation is 1. The van der Waals surface area contributed by atoms with Crippen molar-refractivity contribution in [3.05, 3.63) is 72.1 Å². The van der Waals surface area contributed by atoms with Crippen molar-refractivity contribution in [3.63, 3.8) is 0 Å². The number of hydrogen-bond donors (Lipinski definition) is 0. The maximum atomic E-state index is 14.3. The van der Waals surface area contributed by atoms with E-state index in [2.05, 4.69) is 16.9 Å². The van der Waals surface area contributed by atoms with Gasteiger partial charge in [0, 0.05) is 31.5 Å². The molecule has 7 heteroatoms. The number of carbonyl (C=O) groups is 1. The van der Waals surface area contributed by atoms with Gasteiger partial charge in [0.05, 0.1) is 17.4 Å². The number of alkyl halides is 2. The lowest BCUT2D eigenvalue weighted by Crippen LogP contribution is -2.36. The van der Waals surface area contributed by atoms with Crippen LogP contribution in [0.1, 0.15) is 29.8 Å². The Morgan fingerprint density at radius 1 is 1.16 bits per heavy atom. The van der Waals surface area contributed by atoms with Crippen molar-refractivity contribution in [1.29, 1.82) is 0 Å². The first-order valence-electron chi connectivity index (χ1n) is 9.60. The molecule has 3 rings (SSSR count). The van der Waals surface area contributed by atoms with E-state index in [-0.39, 0.29) is 11.3 Å². The van der Waals surface area contributed by atoms with E-state index >= 15 is 0 Å². The number of nitrogens with zero attached hydrogens (tertiary/aromatic N) is 3. The fourth-order valence-electron chi connectivity index (χ4n) is 2.98. The average Bonchev–Trinajstić information content (AvgIpc) is 3.19. The van der Waals surface area contributed by atoms with E-state index in [9.17, 15) is 13.6 Å². The SMILES string of the molecule is COC(C)(C)C#Cc1cccc(-c2ccccc2)c1N(C(=O)c1cnn(C)c1)C(F)F. The first-order chi connectivity index (χ1) is 14.7. The number of hydrogen-bond acceptors (Lipinski definition) is 3. The quantitative estimate of drug-likeness (QED) is 0.440. The van der Waals surface area contributed by atoms with Crippen LogP contribution in [0.2, 0.25) is 0 Å². The van der Waals surface area contributed by atoms with Crippen LogP contribution >= 0.6 is 0 Å². The molecule has 0 saturated heterocycles. The molecule has 0 bridgehead atoms. The Bertz CT molecular complexity index is 1130. The van der Waals surface area contributed by atoms with E-state index in [4.69, 9.17) is 4.74 Å². The molecule has 5 nitrogen and oxygen atoms in total. The molecule has 31 heavy (non-hydrogen) atoms. The Morgan fingerprint density at radius 3 is 2.45 bits per heavy atom. The summed E-state index contributed by atoms with van der Waals surface area (Å²) >= 11 is 0. The Labute approximate surface area is 180 Å². The van der Waals surface area contributed by atoms with E-state index < -0.39 is 18.1 Å². The van der Waals surface area contributed by atoms with Crippen molar-refractivity contribution < 1.29 is 18.3 Å². The third-order valence-corrected chi connectivity index (χ3v) is 4.74. The highest BCUT2D eigenvalue weighted by Crippen LogP contribution is 2.36. The van der Waals surface area contributed by atoms with E-state index in [1.54, 1.807) is 63.4 Å². The predicted octanol–water partition coefficient (Wildman–Crippen LogP) is 4.73. The molecule has 0 atom stereocenters. The molecule has 2 aromatic carbocycles. The summed E-state index contributed by atoms with van der Waals surface area (Å²) in [5.41, 5.74) is 0.767. The van der Waals surface area contributed by atoms with Crippen LogP contribution in [0.15, 0.2) is 60.9 Å². The smallest absolute Gasteiger partial charge is 0.321 e. The van der Waals surface area contributed by atoms with Gasteiger partial charge in [-0.3, -0.25) is 9.48 Å². The molecule has 1 heterocycles. The molecule has 1 aromatic heterocycles. The van der Waals surface area contributed by atoms with Crippen molar-refractivity contribution in [2.24, 2.45) is 7.05 Å². The molecule has 0 saturated carbocycles. The molecular weight excluding hydrogens is 400 g/mol. The number of rotatable bonds is 5. The summed E-state index contributed by atoms with van der Waals surface area (Å²) in [6, 6.07) is 14.1. The first kappa shape index (κ1) is 22.2. The van der Waals surface area contributed by atoms with Gasteiger partial charge in [-0.2, -0.15) is 13.9 Å². The number of benzene rings is 2. The fourth-order valence-corrected chi connectivity index (χ4v) is 2.98. The summed E-state index contributed by atoms with van der Waals surface area (Å²) in [4.78, 5) is 13.6. The first-order valence-corrected chi connectivity index (χ1v) is 9.60. The summed E-state index contributed by atoms with van der Waals surface area (Å²) in [7, 11) is 3.14. The molecule has 0 aliphatic heterocycles. The molecular formula is C24H23F2N3O2. The summed E-state index contributed by atoms with van der Waals surface area (Å²) < 4.78 is 35.4. The third-order valence-electron chi connectivity index (χ3n) is 4.74. The number of carbonyl (C=O) groups excluding carboxylic acids is 1. The highest BCUT2D eigenvalue weighted by molar-refractivity contribution is 6.09. The molecule has 160 valence electrons. The van der Waals surface area contributed by atoms with Gasteiger partial charge in [0.15, 0.2) is 0 Å². The van der Waals surface area contributed by atoms with Crippen molar-refractivity contribution in [1.82, 2.24) is 9.78 Å². The second-order valence-corrected chi connectivity index (χ2v) is 7.39.